The summed E-state index contributed by atoms with van der Waals surface area (Å²) < 4.78 is 1.58. The summed E-state index contributed by atoms with van der Waals surface area (Å²) in [6, 6.07) is 9.84. The van der Waals surface area contributed by atoms with Crippen molar-refractivity contribution in [3.63, 3.8) is 0 Å². The van der Waals surface area contributed by atoms with Crippen LogP contribution in [0.4, 0.5) is 11.5 Å². The monoisotopic (exact) mass is 286 g/mol. The van der Waals surface area contributed by atoms with Gasteiger partial charge in [0, 0.05) is 7.05 Å². The molecule has 2 unspecified atom stereocenters. The predicted octanol–water partition coefficient (Wildman–Crippen LogP) is 2.77. The minimum atomic E-state index is -0.203. The number of nitrogens with one attached hydrogen (secondary N) is 1. The molecule has 1 heterocycles. The van der Waals surface area contributed by atoms with E-state index in [1.54, 1.807) is 11.7 Å². The SMILES string of the molecule is CCC(C)C(C(=O)Nc1c(N)cnn1C)c1ccccc1. The molecule has 0 fully saturated rings. The summed E-state index contributed by atoms with van der Waals surface area (Å²) in [5.41, 5.74) is 7.33. The van der Waals surface area contributed by atoms with Gasteiger partial charge in [-0.1, -0.05) is 50.6 Å². The zero-order chi connectivity index (χ0) is 15.4. The van der Waals surface area contributed by atoms with E-state index in [-0.39, 0.29) is 17.7 Å². The molecular formula is C16H22N4O. The molecule has 112 valence electrons. The average Bonchev–Trinajstić information content (AvgIpc) is 2.80. The van der Waals surface area contributed by atoms with E-state index in [9.17, 15) is 4.79 Å². The lowest BCUT2D eigenvalue weighted by Gasteiger charge is -2.23. The molecular weight excluding hydrogens is 264 g/mol. The second-order valence-corrected chi connectivity index (χ2v) is 5.34. The highest BCUT2D eigenvalue weighted by Crippen LogP contribution is 2.29. The smallest absolute Gasteiger partial charge is 0.233 e. The molecule has 2 atom stereocenters. The first-order valence-electron chi connectivity index (χ1n) is 7.17. The molecule has 2 aromatic rings. The Bertz CT molecular complexity index is 586. The van der Waals surface area contributed by atoms with Crippen LogP contribution in [0.1, 0.15) is 31.7 Å². The van der Waals surface area contributed by atoms with Crippen LogP contribution in [0.25, 0.3) is 0 Å². The van der Waals surface area contributed by atoms with Gasteiger partial charge in [-0.25, -0.2) is 0 Å². The van der Waals surface area contributed by atoms with E-state index in [2.05, 4.69) is 24.3 Å². The largest absolute Gasteiger partial charge is 0.394 e. The number of carbonyl (C=O) groups excluding carboxylic acids is 1. The fraction of sp³-hybridized carbons (Fsp3) is 0.375. The maximum absolute atomic E-state index is 12.7. The number of carbonyl (C=O) groups is 1. The Hall–Kier alpha value is -2.30. The van der Waals surface area contributed by atoms with Gasteiger partial charge >= 0.3 is 0 Å². The minimum Gasteiger partial charge on any atom is -0.394 e. The van der Waals surface area contributed by atoms with E-state index in [0.29, 0.717) is 11.5 Å². The molecule has 3 N–H and O–H groups in total. The van der Waals surface area contributed by atoms with Gasteiger partial charge in [-0.05, 0) is 11.5 Å². The van der Waals surface area contributed by atoms with E-state index in [1.807, 2.05) is 30.3 Å². The zero-order valence-electron chi connectivity index (χ0n) is 12.7. The van der Waals surface area contributed by atoms with Gasteiger partial charge in [0.25, 0.3) is 0 Å². The lowest BCUT2D eigenvalue weighted by atomic mass is 9.85. The Labute approximate surface area is 125 Å². The Balaban J connectivity index is 2.27. The fourth-order valence-corrected chi connectivity index (χ4v) is 2.44. The maximum Gasteiger partial charge on any atom is 0.233 e. The number of hydrogen-bond acceptors (Lipinski definition) is 3. The number of aryl methyl sites for hydroxylation is 1. The predicted molar refractivity (Wildman–Crippen MR) is 84.9 cm³/mol. The molecule has 5 heteroatoms. The lowest BCUT2D eigenvalue weighted by molar-refractivity contribution is -0.118. The number of nitrogen functional groups attached to an aromatic ring is 1. The van der Waals surface area contributed by atoms with Gasteiger partial charge in [0.1, 0.15) is 0 Å². The minimum absolute atomic E-state index is 0.0501. The van der Waals surface area contributed by atoms with Crippen LogP contribution < -0.4 is 11.1 Å². The highest BCUT2D eigenvalue weighted by atomic mass is 16.2. The summed E-state index contributed by atoms with van der Waals surface area (Å²) in [7, 11) is 1.76. The third-order valence-electron chi connectivity index (χ3n) is 3.86. The van der Waals surface area contributed by atoms with Crippen molar-refractivity contribution in [2.45, 2.75) is 26.2 Å². The molecule has 1 aromatic carbocycles. The summed E-state index contributed by atoms with van der Waals surface area (Å²) in [5.74, 6) is 0.530. The fourth-order valence-electron chi connectivity index (χ4n) is 2.44. The van der Waals surface area contributed by atoms with Crippen LogP contribution in [0.5, 0.6) is 0 Å². The topological polar surface area (TPSA) is 72.9 Å². The molecule has 0 aliphatic rings. The third-order valence-corrected chi connectivity index (χ3v) is 3.86. The number of amides is 1. The Morgan fingerprint density at radius 2 is 2.05 bits per heavy atom. The van der Waals surface area contributed by atoms with Gasteiger partial charge in [-0.2, -0.15) is 5.10 Å². The highest BCUT2D eigenvalue weighted by Gasteiger charge is 2.26. The second kappa shape index (κ2) is 6.43. The van der Waals surface area contributed by atoms with Gasteiger partial charge in [0.05, 0.1) is 17.8 Å². The number of aromatic nitrogens is 2. The number of benzene rings is 1. The Kier molecular flexibility index (Phi) is 4.62. The second-order valence-electron chi connectivity index (χ2n) is 5.34. The van der Waals surface area contributed by atoms with E-state index in [0.717, 1.165) is 12.0 Å². The summed E-state index contributed by atoms with van der Waals surface area (Å²) in [4.78, 5) is 12.7. The van der Waals surface area contributed by atoms with Crippen molar-refractivity contribution in [1.29, 1.82) is 0 Å². The molecule has 0 radical (unpaired) electrons. The van der Waals surface area contributed by atoms with Gasteiger partial charge < -0.3 is 11.1 Å². The van der Waals surface area contributed by atoms with Gasteiger partial charge in [-0.3, -0.25) is 9.48 Å². The first-order chi connectivity index (χ1) is 10.0. The molecule has 21 heavy (non-hydrogen) atoms. The molecule has 0 spiro atoms. The van der Waals surface area contributed by atoms with Crippen molar-refractivity contribution in [2.75, 3.05) is 11.1 Å². The molecule has 2 rings (SSSR count). The molecule has 1 aromatic heterocycles. The number of anilines is 2. The number of nitrogens with zero attached hydrogens (tertiary/aromatic N) is 2. The highest BCUT2D eigenvalue weighted by molar-refractivity contribution is 5.97. The van der Waals surface area contributed by atoms with E-state index >= 15 is 0 Å². The van der Waals surface area contributed by atoms with Crippen LogP contribution in [-0.2, 0) is 11.8 Å². The first kappa shape index (κ1) is 15.1. The molecule has 0 aliphatic carbocycles. The molecule has 1 amide bonds. The van der Waals surface area contributed by atoms with Crippen LogP contribution in [0.3, 0.4) is 0 Å². The van der Waals surface area contributed by atoms with E-state index < -0.39 is 0 Å². The van der Waals surface area contributed by atoms with Crippen LogP contribution in [0, 0.1) is 5.92 Å². The van der Waals surface area contributed by atoms with E-state index in [4.69, 9.17) is 5.73 Å². The maximum atomic E-state index is 12.7. The summed E-state index contributed by atoms with van der Waals surface area (Å²) >= 11 is 0. The third kappa shape index (κ3) is 3.24. The molecule has 0 bridgehead atoms. The molecule has 5 nitrogen and oxygen atoms in total. The van der Waals surface area contributed by atoms with Crippen molar-refractivity contribution in [3.05, 3.63) is 42.1 Å². The van der Waals surface area contributed by atoms with Crippen molar-refractivity contribution >= 4 is 17.4 Å². The summed E-state index contributed by atoms with van der Waals surface area (Å²) in [6.45, 7) is 4.18. The van der Waals surface area contributed by atoms with Crippen molar-refractivity contribution in [1.82, 2.24) is 9.78 Å². The summed E-state index contributed by atoms with van der Waals surface area (Å²) in [6.07, 6.45) is 2.46. The van der Waals surface area contributed by atoms with Crippen LogP contribution in [0.15, 0.2) is 36.5 Å². The number of hydrogen-bond donors (Lipinski definition) is 2. The Morgan fingerprint density at radius 3 is 2.57 bits per heavy atom. The van der Waals surface area contributed by atoms with Gasteiger partial charge in [0.15, 0.2) is 5.82 Å². The van der Waals surface area contributed by atoms with Crippen molar-refractivity contribution in [3.8, 4) is 0 Å². The quantitative estimate of drug-likeness (QED) is 0.887. The van der Waals surface area contributed by atoms with Gasteiger partial charge in [0.2, 0.25) is 5.91 Å². The molecule has 0 saturated heterocycles. The molecule has 0 saturated carbocycles. The van der Waals surface area contributed by atoms with Crippen LogP contribution in [0.2, 0.25) is 0 Å². The van der Waals surface area contributed by atoms with Crippen molar-refractivity contribution < 1.29 is 4.79 Å². The Morgan fingerprint density at radius 1 is 1.38 bits per heavy atom. The average molecular weight is 286 g/mol. The standard InChI is InChI=1S/C16H22N4O/c1-4-11(2)14(12-8-6-5-7-9-12)16(21)19-15-13(17)10-18-20(15)3/h5-11,14H,4,17H2,1-3H3,(H,19,21). The van der Waals surface area contributed by atoms with Crippen molar-refractivity contribution in [2.24, 2.45) is 13.0 Å². The zero-order valence-corrected chi connectivity index (χ0v) is 12.7. The number of rotatable bonds is 5. The lowest BCUT2D eigenvalue weighted by Crippen LogP contribution is -2.27. The number of nitrogens with two attached hydrogens (primary N) is 1. The van der Waals surface area contributed by atoms with E-state index in [1.165, 1.54) is 6.20 Å². The van der Waals surface area contributed by atoms with Crippen LogP contribution in [-0.4, -0.2) is 15.7 Å². The summed E-state index contributed by atoms with van der Waals surface area (Å²) in [5, 5.41) is 6.95. The molecule has 0 aliphatic heterocycles. The first-order valence-corrected chi connectivity index (χ1v) is 7.17. The van der Waals surface area contributed by atoms with Crippen LogP contribution >= 0.6 is 0 Å². The normalized spacial score (nSPS) is 13.7. The van der Waals surface area contributed by atoms with Gasteiger partial charge in [-0.15, -0.1) is 0 Å².